The third kappa shape index (κ3) is 7.07. The second kappa shape index (κ2) is 13.1. The van der Waals surface area contributed by atoms with Gasteiger partial charge in [-0.25, -0.2) is 13.4 Å². The van der Waals surface area contributed by atoms with Crippen molar-refractivity contribution in [2.45, 2.75) is 24.5 Å². The summed E-state index contributed by atoms with van der Waals surface area (Å²) in [6.45, 7) is 2.00. The number of ether oxygens (including phenoxy) is 4. The number of amides is 1. The van der Waals surface area contributed by atoms with Gasteiger partial charge in [-0.15, -0.1) is 0 Å². The van der Waals surface area contributed by atoms with E-state index in [4.69, 9.17) is 18.9 Å². The topological polar surface area (TPSA) is 113 Å². The molecule has 43 heavy (non-hydrogen) atoms. The van der Waals surface area contributed by atoms with Crippen molar-refractivity contribution in [3.8, 4) is 23.0 Å². The quantitative estimate of drug-likeness (QED) is 0.170. The molecule has 0 bridgehead atoms. The molecule has 0 radical (unpaired) electrons. The molecule has 1 amide bonds. The van der Waals surface area contributed by atoms with Gasteiger partial charge in [0.2, 0.25) is 6.10 Å². The van der Waals surface area contributed by atoms with Gasteiger partial charge in [0.15, 0.2) is 26.5 Å². The van der Waals surface area contributed by atoms with Crippen LogP contribution in [0, 0.1) is 0 Å². The molecule has 0 saturated heterocycles. The van der Waals surface area contributed by atoms with Gasteiger partial charge in [-0.05, 0) is 42.0 Å². The van der Waals surface area contributed by atoms with Crippen LogP contribution in [-0.2, 0) is 21.2 Å². The van der Waals surface area contributed by atoms with E-state index in [9.17, 15) is 13.2 Å². The van der Waals surface area contributed by atoms with E-state index in [1.54, 1.807) is 69.7 Å². The third-order valence-corrected chi connectivity index (χ3v) is 9.29. The molecular formula is C32H30N2O7S2. The van der Waals surface area contributed by atoms with Gasteiger partial charge in [-0.2, -0.15) is 0 Å². The van der Waals surface area contributed by atoms with Gasteiger partial charge >= 0.3 is 0 Å². The predicted molar refractivity (Wildman–Crippen MR) is 166 cm³/mol. The summed E-state index contributed by atoms with van der Waals surface area (Å²) < 4.78 is 48.3. The van der Waals surface area contributed by atoms with Crippen LogP contribution < -0.4 is 24.3 Å². The molecular weight excluding hydrogens is 588 g/mol. The van der Waals surface area contributed by atoms with Crippen LogP contribution in [0.5, 0.6) is 23.0 Å². The van der Waals surface area contributed by atoms with Crippen LogP contribution in [0.4, 0.5) is 5.13 Å². The maximum Gasteiger partial charge on any atom is 0.271 e. The molecule has 1 N–H and O–H groups in total. The van der Waals surface area contributed by atoms with Gasteiger partial charge in [0.25, 0.3) is 5.91 Å². The van der Waals surface area contributed by atoms with Crippen LogP contribution in [0.3, 0.4) is 0 Å². The Morgan fingerprint density at radius 2 is 1.53 bits per heavy atom. The second-order valence-corrected chi connectivity index (χ2v) is 12.7. The summed E-state index contributed by atoms with van der Waals surface area (Å²) in [7, 11) is -0.318. The van der Waals surface area contributed by atoms with Crippen LogP contribution in [0.15, 0.2) is 95.9 Å². The Morgan fingerprint density at radius 3 is 2.19 bits per heavy atom. The van der Waals surface area contributed by atoms with E-state index in [1.807, 2.05) is 30.3 Å². The Bertz CT molecular complexity index is 1760. The number of nitrogens with one attached hydrogen (secondary N) is 1. The predicted octanol–water partition coefficient (Wildman–Crippen LogP) is 6.44. The minimum atomic E-state index is -3.41. The van der Waals surface area contributed by atoms with Crippen LogP contribution in [0.1, 0.15) is 24.2 Å². The van der Waals surface area contributed by atoms with Crippen molar-refractivity contribution >= 4 is 42.4 Å². The molecule has 1 aromatic heterocycles. The van der Waals surface area contributed by atoms with Crippen molar-refractivity contribution in [2.24, 2.45) is 0 Å². The first-order valence-electron chi connectivity index (χ1n) is 13.4. The van der Waals surface area contributed by atoms with Crippen LogP contribution in [0.25, 0.3) is 10.2 Å². The highest BCUT2D eigenvalue weighted by Crippen LogP contribution is 2.36. The van der Waals surface area contributed by atoms with Crippen molar-refractivity contribution < 1.29 is 32.2 Å². The number of benzene rings is 4. The van der Waals surface area contributed by atoms with Crippen molar-refractivity contribution in [1.82, 2.24) is 4.98 Å². The van der Waals surface area contributed by atoms with Crippen LogP contribution in [-0.4, -0.2) is 39.3 Å². The number of sulfone groups is 1. The standard InChI is InChI=1S/C32H30N2O7S2/c1-4-43(36,37)25-16-10-22(11-17-25)30(41-24-14-12-23(13-15-24)40-20-21-8-6-5-7-9-21)31(35)34-32-33-26-18-27(38-2)28(39-3)19-29(26)42-32/h5-19,30H,4,20H2,1-3H3,(H,33,34,35). The van der Waals surface area contributed by atoms with Crippen molar-refractivity contribution in [1.29, 1.82) is 0 Å². The lowest BCUT2D eigenvalue weighted by Crippen LogP contribution is -2.25. The highest BCUT2D eigenvalue weighted by atomic mass is 32.2. The monoisotopic (exact) mass is 618 g/mol. The number of carbonyl (C=O) groups excluding carboxylic acids is 1. The van der Waals surface area contributed by atoms with Gasteiger partial charge < -0.3 is 18.9 Å². The van der Waals surface area contributed by atoms with Crippen LogP contribution in [0.2, 0.25) is 0 Å². The Labute approximate surface area is 253 Å². The van der Waals surface area contributed by atoms with E-state index >= 15 is 0 Å². The molecule has 0 spiro atoms. The third-order valence-electron chi connectivity index (χ3n) is 6.61. The average molecular weight is 619 g/mol. The Kier molecular flexibility index (Phi) is 9.13. The van der Waals surface area contributed by atoms with E-state index < -0.39 is 21.8 Å². The van der Waals surface area contributed by atoms with Crippen molar-refractivity contribution in [3.05, 3.63) is 102 Å². The van der Waals surface area contributed by atoms with E-state index in [1.165, 1.54) is 23.5 Å². The summed E-state index contributed by atoms with van der Waals surface area (Å²) in [6.07, 6.45) is -1.11. The number of thiazole rings is 1. The van der Waals surface area contributed by atoms with E-state index in [2.05, 4.69) is 10.3 Å². The first kappa shape index (κ1) is 29.9. The number of carbonyl (C=O) groups is 1. The highest BCUT2D eigenvalue weighted by molar-refractivity contribution is 7.91. The summed E-state index contributed by atoms with van der Waals surface area (Å²) in [5, 5.41) is 3.21. The number of nitrogens with zero attached hydrogens (tertiary/aromatic N) is 1. The van der Waals surface area contributed by atoms with Crippen molar-refractivity contribution in [3.63, 3.8) is 0 Å². The van der Waals surface area contributed by atoms with Gasteiger partial charge in [0.05, 0.1) is 35.1 Å². The number of methoxy groups -OCH3 is 2. The zero-order valence-corrected chi connectivity index (χ0v) is 25.4. The molecule has 1 atom stereocenters. The number of aromatic nitrogens is 1. The van der Waals surface area contributed by atoms with E-state index in [0.29, 0.717) is 45.8 Å². The van der Waals surface area contributed by atoms with Crippen molar-refractivity contribution in [2.75, 3.05) is 25.3 Å². The van der Waals surface area contributed by atoms with Gasteiger partial charge in [0, 0.05) is 17.7 Å². The zero-order valence-electron chi connectivity index (χ0n) is 23.8. The van der Waals surface area contributed by atoms with E-state index in [-0.39, 0.29) is 10.6 Å². The van der Waals surface area contributed by atoms with E-state index in [0.717, 1.165) is 10.3 Å². The van der Waals surface area contributed by atoms with Gasteiger partial charge in [0.1, 0.15) is 18.1 Å². The number of anilines is 1. The lowest BCUT2D eigenvalue weighted by molar-refractivity contribution is -0.123. The summed E-state index contributed by atoms with van der Waals surface area (Å²) in [5.74, 6) is 1.64. The second-order valence-electron chi connectivity index (χ2n) is 9.40. The van der Waals surface area contributed by atoms with Gasteiger partial charge in [-0.3, -0.25) is 10.1 Å². The summed E-state index contributed by atoms with van der Waals surface area (Å²) >= 11 is 1.28. The molecule has 11 heteroatoms. The largest absolute Gasteiger partial charge is 0.493 e. The minimum Gasteiger partial charge on any atom is -0.493 e. The number of rotatable bonds is 12. The highest BCUT2D eigenvalue weighted by Gasteiger charge is 2.25. The SMILES string of the molecule is CCS(=O)(=O)c1ccc(C(Oc2ccc(OCc3ccccc3)cc2)C(=O)Nc2nc3cc(OC)c(OC)cc3s2)cc1. The molecule has 222 valence electrons. The molecule has 5 rings (SSSR count). The van der Waals surface area contributed by atoms with Crippen LogP contribution >= 0.6 is 11.3 Å². The molecule has 0 aliphatic carbocycles. The molecule has 0 aliphatic heterocycles. The lowest BCUT2D eigenvalue weighted by atomic mass is 10.1. The number of hydrogen-bond donors (Lipinski definition) is 1. The average Bonchev–Trinajstić information content (AvgIpc) is 3.43. The first-order chi connectivity index (χ1) is 20.8. The molecule has 1 heterocycles. The molecule has 0 aliphatic rings. The molecule has 0 saturated carbocycles. The molecule has 1 unspecified atom stereocenters. The summed E-state index contributed by atoms with van der Waals surface area (Å²) in [6, 6.07) is 26.4. The fourth-order valence-electron chi connectivity index (χ4n) is 4.26. The maximum absolute atomic E-state index is 13.6. The maximum atomic E-state index is 13.6. The summed E-state index contributed by atoms with van der Waals surface area (Å²) in [5.41, 5.74) is 2.15. The molecule has 5 aromatic rings. The Balaban J connectivity index is 1.38. The number of hydrogen-bond acceptors (Lipinski definition) is 9. The fraction of sp³-hybridized carbons (Fsp3) is 0.188. The lowest BCUT2D eigenvalue weighted by Gasteiger charge is -2.19. The minimum absolute atomic E-state index is 0.0291. The Morgan fingerprint density at radius 1 is 0.884 bits per heavy atom. The normalized spacial score (nSPS) is 12.0. The summed E-state index contributed by atoms with van der Waals surface area (Å²) in [4.78, 5) is 18.4. The molecule has 9 nitrogen and oxygen atoms in total. The molecule has 4 aromatic carbocycles. The van der Waals surface area contributed by atoms with Gasteiger partial charge in [-0.1, -0.05) is 60.7 Å². The fourth-order valence-corrected chi connectivity index (χ4v) is 6.02. The Hall–Kier alpha value is -4.61. The smallest absolute Gasteiger partial charge is 0.271 e. The zero-order chi connectivity index (χ0) is 30.4. The number of fused-ring (bicyclic) bond motifs is 1. The molecule has 0 fully saturated rings. The first-order valence-corrected chi connectivity index (χ1v) is 15.9.